The van der Waals surface area contributed by atoms with Crippen LogP contribution in [0.5, 0.6) is 0 Å². The van der Waals surface area contributed by atoms with E-state index in [4.69, 9.17) is 9.47 Å². The first-order valence-electron chi connectivity index (χ1n) is 10.4. The fourth-order valence-electron chi connectivity index (χ4n) is 3.45. The van der Waals surface area contributed by atoms with Crippen LogP contribution < -0.4 is 5.32 Å². The standard InChI is InChI=1S/C24H26N4O3/c1-30-23(29)20-6-4-19(5-7-20)21-16-25-24(26-17-21)27-22-8-2-18(3-9-22)10-11-28-12-14-31-15-13-28/h2-9,16-17H,10-15H2,1H3,(H,25,26,27). The zero-order valence-corrected chi connectivity index (χ0v) is 17.6. The number of nitrogens with zero attached hydrogens (tertiary/aromatic N) is 3. The van der Waals surface area contributed by atoms with Gasteiger partial charge in [-0.3, -0.25) is 4.90 Å². The molecule has 2 aromatic carbocycles. The molecule has 1 N–H and O–H groups in total. The molecule has 3 aromatic rings. The minimum atomic E-state index is -0.352. The first-order chi connectivity index (χ1) is 15.2. The maximum absolute atomic E-state index is 11.5. The molecule has 0 unspecified atom stereocenters. The number of carbonyl (C=O) groups is 1. The van der Waals surface area contributed by atoms with Gasteiger partial charge in [-0.1, -0.05) is 24.3 Å². The number of benzene rings is 2. The second-order valence-electron chi connectivity index (χ2n) is 7.39. The van der Waals surface area contributed by atoms with Crippen LogP contribution in [0.4, 0.5) is 11.6 Å². The smallest absolute Gasteiger partial charge is 0.337 e. The van der Waals surface area contributed by atoms with Gasteiger partial charge in [0.2, 0.25) is 5.95 Å². The van der Waals surface area contributed by atoms with Crippen LogP contribution in [0.2, 0.25) is 0 Å². The lowest BCUT2D eigenvalue weighted by atomic mass is 10.1. The number of carbonyl (C=O) groups excluding carboxylic acids is 1. The lowest BCUT2D eigenvalue weighted by Gasteiger charge is -2.26. The molecule has 160 valence electrons. The highest BCUT2D eigenvalue weighted by molar-refractivity contribution is 5.89. The van der Waals surface area contributed by atoms with E-state index in [1.54, 1.807) is 24.5 Å². The summed E-state index contributed by atoms with van der Waals surface area (Å²) >= 11 is 0. The van der Waals surface area contributed by atoms with Crippen LogP contribution in [0.3, 0.4) is 0 Å². The van der Waals surface area contributed by atoms with E-state index < -0.39 is 0 Å². The van der Waals surface area contributed by atoms with Crippen LogP contribution in [0.25, 0.3) is 11.1 Å². The molecule has 1 aliphatic heterocycles. The number of nitrogens with one attached hydrogen (secondary N) is 1. The molecule has 0 aliphatic carbocycles. The van der Waals surface area contributed by atoms with E-state index in [-0.39, 0.29) is 5.97 Å². The summed E-state index contributed by atoms with van der Waals surface area (Å²) in [5.74, 6) is 0.186. The van der Waals surface area contributed by atoms with Gasteiger partial charge in [-0.2, -0.15) is 0 Å². The van der Waals surface area contributed by atoms with E-state index in [1.807, 2.05) is 12.1 Å². The highest BCUT2D eigenvalue weighted by Crippen LogP contribution is 2.20. The third-order valence-corrected chi connectivity index (χ3v) is 5.32. The number of methoxy groups -OCH3 is 1. The van der Waals surface area contributed by atoms with Gasteiger partial charge in [0, 0.05) is 43.3 Å². The van der Waals surface area contributed by atoms with Crippen molar-refractivity contribution in [2.45, 2.75) is 6.42 Å². The zero-order valence-electron chi connectivity index (χ0n) is 17.6. The molecule has 7 nitrogen and oxygen atoms in total. The lowest BCUT2D eigenvalue weighted by Crippen LogP contribution is -2.37. The van der Waals surface area contributed by atoms with E-state index >= 15 is 0 Å². The zero-order chi connectivity index (χ0) is 21.5. The molecule has 1 aromatic heterocycles. The Bertz CT molecular complexity index is 983. The van der Waals surface area contributed by atoms with Crippen molar-refractivity contribution in [3.63, 3.8) is 0 Å². The van der Waals surface area contributed by atoms with Crippen molar-refractivity contribution in [3.05, 3.63) is 72.1 Å². The van der Waals surface area contributed by atoms with Crippen molar-refractivity contribution in [3.8, 4) is 11.1 Å². The molecule has 0 bridgehead atoms. The highest BCUT2D eigenvalue weighted by atomic mass is 16.5. The minimum absolute atomic E-state index is 0.352. The van der Waals surface area contributed by atoms with Crippen LogP contribution >= 0.6 is 0 Å². The van der Waals surface area contributed by atoms with Gasteiger partial charge < -0.3 is 14.8 Å². The van der Waals surface area contributed by atoms with Crippen LogP contribution in [0.1, 0.15) is 15.9 Å². The fourth-order valence-corrected chi connectivity index (χ4v) is 3.45. The molecule has 31 heavy (non-hydrogen) atoms. The van der Waals surface area contributed by atoms with E-state index in [1.165, 1.54) is 12.7 Å². The van der Waals surface area contributed by atoms with Gasteiger partial charge in [-0.05, 0) is 41.8 Å². The van der Waals surface area contributed by atoms with E-state index in [2.05, 4.69) is 44.5 Å². The van der Waals surface area contributed by atoms with Gasteiger partial charge in [0.05, 0.1) is 25.9 Å². The predicted octanol–water partition coefficient (Wildman–Crippen LogP) is 3.55. The van der Waals surface area contributed by atoms with Gasteiger partial charge in [-0.15, -0.1) is 0 Å². The molecule has 0 atom stereocenters. The Morgan fingerprint density at radius 3 is 2.32 bits per heavy atom. The average Bonchev–Trinajstić information content (AvgIpc) is 2.84. The second-order valence-corrected chi connectivity index (χ2v) is 7.39. The predicted molar refractivity (Wildman–Crippen MR) is 119 cm³/mol. The lowest BCUT2D eigenvalue weighted by molar-refractivity contribution is 0.0384. The second kappa shape index (κ2) is 10.1. The molecule has 1 fully saturated rings. The van der Waals surface area contributed by atoms with Crippen molar-refractivity contribution in [1.29, 1.82) is 0 Å². The normalized spacial score (nSPS) is 14.2. The van der Waals surface area contributed by atoms with Gasteiger partial charge in [-0.25, -0.2) is 14.8 Å². The monoisotopic (exact) mass is 418 g/mol. The topological polar surface area (TPSA) is 76.6 Å². The summed E-state index contributed by atoms with van der Waals surface area (Å²) in [5, 5.41) is 3.24. The molecule has 1 aliphatic rings. The minimum Gasteiger partial charge on any atom is -0.465 e. The summed E-state index contributed by atoms with van der Waals surface area (Å²) in [7, 11) is 1.37. The van der Waals surface area contributed by atoms with Crippen LogP contribution in [-0.2, 0) is 15.9 Å². The molecule has 0 saturated carbocycles. The summed E-state index contributed by atoms with van der Waals surface area (Å²) in [4.78, 5) is 22.8. The number of rotatable bonds is 7. The molecule has 4 rings (SSSR count). The van der Waals surface area contributed by atoms with Crippen LogP contribution in [0.15, 0.2) is 60.9 Å². The summed E-state index contributed by atoms with van der Waals surface area (Å²) in [5.41, 5.74) is 4.58. The summed E-state index contributed by atoms with van der Waals surface area (Å²) in [6, 6.07) is 15.6. The van der Waals surface area contributed by atoms with Crippen molar-refractivity contribution in [1.82, 2.24) is 14.9 Å². The van der Waals surface area contributed by atoms with E-state index in [9.17, 15) is 4.79 Å². The Balaban J connectivity index is 1.32. The van der Waals surface area contributed by atoms with Crippen LogP contribution in [0, 0.1) is 0 Å². The largest absolute Gasteiger partial charge is 0.465 e. The first kappa shape index (κ1) is 21.0. The molecular weight excluding hydrogens is 392 g/mol. The summed E-state index contributed by atoms with van der Waals surface area (Å²) in [6.45, 7) is 4.76. The SMILES string of the molecule is COC(=O)c1ccc(-c2cnc(Nc3ccc(CCN4CCOCC4)cc3)nc2)cc1. The van der Waals surface area contributed by atoms with Gasteiger partial charge >= 0.3 is 5.97 Å². The Morgan fingerprint density at radius 2 is 1.68 bits per heavy atom. The Morgan fingerprint density at radius 1 is 1.00 bits per heavy atom. The third-order valence-electron chi connectivity index (χ3n) is 5.32. The highest BCUT2D eigenvalue weighted by Gasteiger charge is 2.10. The number of ether oxygens (including phenoxy) is 2. The van der Waals surface area contributed by atoms with Crippen molar-refractivity contribution >= 4 is 17.6 Å². The molecular formula is C24H26N4O3. The van der Waals surface area contributed by atoms with Gasteiger partial charge in [0.15, 0.2) is 0 Å². The van der Waals surface area contributed by atoms with E-state index in [0.717, 1.165) is 56.1 Å². The van der Waals surface area contributed by atoms with Crippen molar-refractivity contribution < 1.29 is 14.3 Å². The number of morpholine rings is 1. The summed E-state index contributed by atoms with van der Waals surface area (Å²) in [6.07, 6.45) is 4.55. The fraction of sp³-hybridized carbons (Fsp3) is 0.292. The maximum Gasteiger partial charge on any atom is 0.337 e. The molecule has 0 radical (unpaired) electrons. The average molecular weight is 418 g/mol. The number of hydrogen-bond donors (Lipinski definition) is 1. The first-order valence-corrected chi connectivity index (χ1v) is 10.4. The van der Waals surface area contributed by atoms with E-state index in [0.29, 0.717) is 11.5 Å². The van der Waals surface area contributed by atoms with Crippen molar-refractivity contribution in [2.75, 3.05) is 45.3 Å². The summed E-state index contributed by atoms with van der Waals surface area (Å²) < 4.78 is 10.1. The Kier molecular flexibility index (Phi) is 6.86. The Labute approximate surface area is 182 Å². The third kappa shape index (κ3) is 5.65. The molecule has 7 heteroatoms. The number of anilines is 2. The Hall–Kier alpha value is -3.29. The van der Waals surface area contributed by atoms with Gasteiger partial charge in [0.1, 0.15) is 0 Å². The van der Waals surface area contributed by atoms with Crippen LogP contribution in [-0.4, -0.2) is 60.8 Å². The number of aromatic nitrogens is 2. The molecule has 1 saturated heterocycles. The molecule has 0 spiro atoms. The maximum atomic E-state index is 11.5. The quantitative estimate of drug-likeness (QED) is 0.588. The molecule has 2 heterocycles. The molecule has 0 amide bonds. The number of esters is 1. The van der Waals surface area contributed by atoms with Crippen molar-refractivity contribution in [2.24, 2.45) is 0 Å². The number of hydrogen-bond acceptors (Lipinski definition) is 7. The van der Waals surface area contributed by atoms with Gasteiger partial charge in [0.25, 0.3) is 0 Å².